The Balaban J connectivity index is 1.97. The quantitative estimate of drug-likeness (QED) is 0.561. The van der Waals surface area contributed by atoms with E-state index in [4.69, 9.17) is 0 Å². The molecule has 1 rings (SSSR count). The van der Waals surface area contributed by atoms with Crippen LogP contribution in [0.3, 0.4) is 0 Å². The van der Waals surface area contributed by atoms with Crippen molar-refractivity contribution in [2.24, 2.45) is 0 Å². The molecular weight excluding hydrogens is 222 g/mol. The molecule has 5 heteroatoms. The summed E-state index contributed by atoms with van der Waals surface area (Å²) in [5, 5.41) is 9.56. The Bertz CT molecular complexity index is 196. The minimum Gasteiger partial charge on any atom is -0.355 e. The molecule has 0 radical (unpaired) electrons. The van der Waals surface area contributed by atoms with Gasteiger partial charge in [-0.15, -0.1) is 0 Å². The van der Waals surface area contributed by atoms with Crippen molar-refractivity contribution < 1.29 is 4.79 Å². The molecule has 0 spiro atoms. The van der Waals surface area contributed by atoms with E-state index in [0.29, 0.717) is 12.5 Å². The Kier molecular flexibility index (Phi) is 7.63. The third-order valence-electron chi connectivity index (χ3n) is 2.48. The molecule has 1 aliphatic heterocycles. The maximum Gasteiger partial charge on any atom is 0.221 e. The van der Waals surface area contributed by atoms with Gasteiger partial charge in [0.1, 0.15) is 0 Å². The molecule has 1 fully saturated rings. The summed E-state index contributed by atoms with van der Waals surface area (Å²) in [7, 11) is 0. The van der Waals surface area contributed by atoms with Crippen LogP contribution in [0.25, 0.3) is 0 Å². The van der Waals surface area contributed by atoms with Crippen molar-refractivity contribution in [3.8, 4) is 0 Å². The average Bonchev–Trinajstić information content (AvgIpc) is 2.30. The minimum absolute atomic E-state index is 0.165. The smallest absolute Gasteiger partial charge is 0.221 e. The molecule has 94 valence electrons. The van der Waals surface area contributed by atoms with Crippen molar-refractivity contribution in [1.82, 2.24) is 16.0 Å². The lowest BCUT2D eigenvalue weighted by molar-refractivity contribution is -0.121. The molecule has 0 aromatic carbocycles. The fraction of sp³-hybridized carbons (Fsp3) is 0.909. The predicted molar refractivity (Wildman–Crippen MR) is 69.9 cm³/mol. The zero-order valence-electron chi connectivity index (χ0n) is 10.1. The zero-order chi connectivity index (χ0) is 11.6. The molecule has 1 unspecified atom stereocenters. The third kappa shape index (κ3) is 6.35. The van der Waals surface area contributed by atoms with Gasteiger partial charge < -0.3 is 16.0 Å². The molecule has 0 aromatic heterocycles. The van der Waals surface area contributed by atoms with Crippen LogP contribution in [-0.4, -0.2) is 49.6 Å². The number of carbonyl (C=O) groups is 1. The number of hydrogen-bond acceptors (Lipinski definition) is 4. The van der Waals surface area contributed by atoms with E-state index in [2.05, 4.69) is 22.9 Å². The number of rotatable bonds is 7. The SMILES string of the molecule is CCCNCCNC(=O)CC1CSCCN1. The van der Waals surface area contributed by atoms with Crippen LogP contribution < -0.4 is 16.0 Å². The van der Waals surface area contributed by atoms with E-state index >= 15 is 0 Å². The second-order valence-corrected chi connectivity index (χ2v) is 5.18. The Morgan fingerprint density at radius 2 is 2.31 bits per heavy atom. The van der Waals surface area contributed by atoms with Gasteiger partial charge >= 0.3 is 0 Å². The summed E-state index contributed by atoms with van der Waals surface area (Å²) >= 11 is 1.93. The van der Waals surface area contributed by atoms with Crippen molar-refractivity contribution in [2.45, 2.75) is 25.8 Å². The summed E-state index contributed by atoms with van der Waals surface area (Å²) in [6, 6.07) is 0.363. The highest BCUT2D eigenvalue weighted by atomic mass is 32.2. The standard InChI is InChI=1S/C11H23N3OS/c1-2-3-12-4-5-14-11(15)8-10-9-16-7-6-13-10/h10,12-13H,2-9H2,1H3,(H,14,15). The third-order valence-corrected chi connectivity index (χ3v) is 3.61. The van der Waals surface area contributed by atoms with Gasteiger partial charge in [-0.25, -0.2) is 0 Å². The van der Waals surface area contributed by atoms with Crippen molar-refractivity contribution >= 4 is 17.7 Å². The monoisotopic (exact) mass is 245 g/mol. The van der Waals surface area contributed by atoms with Gasteiger partial charge in [-0.2, -0.15) is 11.8 Å². The molecular formula is C11H23N3OS. The van der Waals surface area contributed by atoms with Crippen molar-refractivity contribution in [3.05, 3.63) is 0 Å². The van der Waals surface area contributed by atoms with Crippen LogP contribution in [0.4, 0.5) is 0 Å². The molecule has 1 aliphatic rings. The van der Waals surface area contributed by atoms with E-state index in [1.807, 2.05) is 11.8 Å². The van der Waals surface area contributed by atoms with E-state index in [9.17, 15) is 4.79 Å². The Hall–Kier alpha value is -0.260. The normalized spacial score (nSPS) is 20.7. The first-order chi connectivity index (χ1) is 7.83. The van der Waals surface area contributed by atoms with Crippen molar-refractivity contribution in [1.29, 1.82) is 0 Å². The van der Waals surface area contributed by atoms with Crippen LogP contribution in [0.15, 0.2) is 0 Å². The van der Waals surface area contributed by atoms with Crippen LogP contribution in [-0.2, 0) is 4.79 Å². The van der Waals surface area contributed by atoms with Crippen LogP contribution in [0.5, 0.6) is 0 Å². The molecule has 1 heterocycles. The molecule has 0 bridgehead atoms. The van der Waals surface area contributed by atoms with Crippen molar-refractivity contribution in [2.75, 3.05) is 37.7 Å². The van der Waals surface area contributed by atoms with Gasteiger partial charge in [0.15, 0.2) is 0 Å². The average molecular weight is 245 g/mol. The number of nitrogens with one attached hydrogen (secondary N) is 3. The first-order valence-corrected chi connectivity index (χ1v) is 7.27. The van der Waals surface area contributed by atoms with Crippen LogP contribution in [0.1, 0.15) is 19.8 Å². The summed E-state index contributed by atoms with van der Waals surface area (Å²) in [6.07, 6.45) is 1.75. The number of amides is 1. The lowest BCUT2D eigenvalue weighted by Crippen LogP contribution is -2.42. The second kappa shape index (κ2) is 8.84. The van der Waals surface area contributed by atoms with E-state index in [-0.39, 0.29) is 5.91 Å². The zero-order valence-corrected chi connectivity index (χ0v) is 10.9. The Morgan fingerprint density at radius 3 is 3.00 bits per heavy atom. The molecule has 1 atom stereocenters. The van der Waals surface area contributed by atoms with Gasteiger partial charge in [-0.05, 0) is 13.0 Å². The number of hydrogen-bond donors (Lipinski definition) is 3. The number of thioether (sulfide) groups is 1. The van der Waals surface area contributed by atoms with Crippen LogP contribution in [0.2, 0.25) is 0 Å². The topological polar surface area (TPSA) is 53.2 Å². The minimum atomic E-state index is 0.165. The van der Waals surface area contributed by atoms with E-state index < -0.39 is 0 Å². The summed E-state index contributed by atoms with van der Waals surface area (Å²) < 4.78 is 0. The molecule has 1 amide bonds. The molecule has 3 N–H and O–H groups in total. The second-order valence-electron chi connectivity index (χ2n) is 4.03. The molecule has 0 saturated carbocycles. The van der Waals surface area contributed by atoms with Gasteiger partial charge in [-0.3, -0.25) is 4.79 Å². The summed E-state index contributed by atoms with van der Waals surface area (Å²) in [6.45, 7) is 5.79. The van der Waals surface area contributed by atoms with Gasteiger partial charge in [0.25, 0.3) is 0 Å². The molecule has 0 aliphatic carbocycles. The van der Waals surface area contributed by atoms with E-state index in [1.54, 1.807) is 0 Å². The van der Waals surface area contributed by atoms with Gasteiger partial charge in [0, 0.05) is 43.6 Å². The largest absolute Gasteiger partial charge is 0.355 e. The summed E-state index contributed by atoms with van der Waals surface area (Å²) in [5.41, 5.74) is 0. The van der Waals surface area contributed by atoms with Crippen molar-refractivity contribution in [3.63, 3.8) is 0 Å². The predicted octanol–water partition coefficient (Wildman–Crippen LogP) is 0.197. The van der Waals surface area contributed by atoms with Crippen LogP contribution >= 0.6 is 11.8 Å². The summed E-state index contributed by atoms with van der Waals surface area (Å²) in [4.78, 5) is 11.6. The maximum absolute atomic E-state index is 11.6. The Morgan fingerprint density at radius 1 is 1.44 bits per heavy atom. The first-order valence-electron chi connectivity index (χ1n) is 6.11. The highest BCUT2D eigenvalue weighted by Gasteiger charge is 2.15. The highest BCUT2D eigenvalue weighted by molar-refractivity contribution is 7.99. The lowest BCUT2D eigenvalue weighted by atomic mass is 10.2. The molecule has 16 heavy (non-hydrogen) atoms. The summed E-state index contributed by atoms with van der Waals surface area (Å²) in [5.74, 6) is 2.39. The van der Waals surface area contributed by atoms with Gasteiger partial charge in [0.2, 0.25) is 5.91 Å². The van der Waals surface area contributed by atoms with E-state index in [1.165, 1.54) is 5.75 Å². The highest BCUT2D eigenvalue weighted by Crippen LogP contribution is 2.09. The van der Waals surface area contributed by atoms with Crippen LogP contribution in [0, 0.1) is 0 Å². The first kappa shape index (κ1) is 13.8. The maximum atomic E-state index is 11.6. The molecule has 4 nitrogen and oxygen atoms in total. The van der Waals surface area contributed by atoms with Gasteiger partial charge in [-0.1, -0.05) is 6.92 Å². The Labute approximate surface area is 102 Å². The fourth-order valence-electron chi connectivity index (χ4n) is 1.64. The fourth-order valence-corrected chi connectivity index (χ4v) is 2.59. The van der Waals surface area contributed by atoms with Gasteiger partial charge in [0.05, 0.1) is 0 Å². The molecule has 0 aromatic rings. The number of carbonyl (C=O) groups excluding carboxylic acids is 1. The van der Waals surface area contributed by atoms with E-state index in [0.717, 1.165) is 38.4 Å². The lowest BCUT2D eigenvalue weighted by Gasteiger charge is -2.22. The molecule has 1 saturated heterocycles.